The molecule has 2 aliphatic rings. The first-order valence-electron chi connectivity index (χ1n) is 7.46. The van der Waals surface area contributed by atoms with Gasteiger partial charge >= 0.3 is 0 Å². The van der Waals surface area contributed by atoms with E-state index in [1.807, 2.05) is 25.4 Å². The van der Waals surface area contributed by atoms with E-state index in [0.717, 1.165) is 31.8 Å². The Kier molecular flexibility index (Phi) is 2.81. The summed E-state index contributed by atoms with van der Waals surface area (Å²) in [7, 11) is 0. The molecule has 0 fully saturated rings. The van der Waals surface area contributed by atoms with Crippen molar-refractivity contribution in [2.75, 3.05) is 6.61 Å². The van der Waals surface area contributed by atoms with E-state index in [9.17, 15) is 0 Å². The number of hydrogen-bond donors (Lipinski definition) is 0. The van der Waals surface area contributed by atoms with Crippen LogP contribution in [0, 0.1) is 0 Å². The van der Waals surface area contributed by atoms with E-state index in [-0.39, 0.29) is 5.54 Å². The van der Waals surface area contributed by atoms with Gasteiger partial charge in [-0.05, 0) is 35.6 Å². The molecule has 0 saturated carbocycles. The van der Waals surface area contributed by atoms with Crippen molar-refractivity contribution < 1.29 is 4.74 Å². The fraction of sp³-hybridized carbons (Fsp3) is 0.333. The highest BCUT2D eigenvalue weighted by molar-refractivity contribution is 5.76. The highest BCUT2D eigenvalue weighted by atomic mass is 16.5. The van der Waals surface area contributed by atoms with Crippen LogP contribution in [0.15, 0.2) is 47.7 Å². The van der Waals surface area contributed by atoms with Crippen molar-refractivity contribution in [3.8, 4) is 11.1 Å². The summed E-state index contributed by atoms with van der Waals surface area (Å²) in [5.41, 5.74) is 5.29. The number of aliphatic imine (C=N–C) groups is 1. The molecule has 0 N–H and O–H groups in total. The summed E-state index contributed by atoms with van der Waals surface area (Å²) in [4.78, 5) is 9.05. The number of fused-ring (bicyclic) bond motifs is 1. The summed E-state index contributed by atoms with van der Waals surface area (Å²) in [6.07, 6.45) is 6.87. The van der Waals surface area contributed by atoms with E-state index in [4.69, 9.17) is 9.73 Å². The lowest BCUT2D eigenvalue weighted by atomic mass is 9.76. The van der Waals surface area contributed by atoms with Crippen molar-refractivity contribution in [2.24, 2.45) is 4.99 Å². The Bertz CT molecular complexity index is 708. The number of aromatic nitrogens is 1. The third-order valence-electron chi connectivity index (χ3n) is 4.56. The maximum absolute atomic E-state index is 5.64. The molecule has 1 spiro atoms. The van der Waals surface area contributed by atoms with Crippen LogP contribution < -0.4 is 0 Å². The van der Waals surface area contributed by atoms with Crippen LogP contribution in [-0.4, -0.2) is 23.0 Å². The van der Waals surface area contributed by atoms with Crippen molar-refractivity contribution in [3.05, 3.63) is 53.9 Å². The van der Waals surface area contributed by atoms with Gasteiger partial charge in [-0.2, -0.15) is 0 Å². The van der Waals surface area contributed by atoms with Gasteiger partial charge in [0.1, 0.15) is 12.1 Å². The van der Waals surface area contributed by atoms with Crippen LogP contribution in [0.3, 0.4) is 0 Å². The van der Waals surface area contributed by atoms with Gasteiger partial charge in [-0.25, -0.2) is 4.99 Å². The molecule has 0 amide bonds. The van der Waals surface area contributed by atoms with E-state index in [1.54, 1.807) is 0 Å². The molecule has 1 atom stereocenters. The summed E-state index contributed by atoms with van der Waals surface area (Å²) >= 11 is 0. The third kappa shape index (κ3) is 2.13. The van der Waals surface area contributed by atoms with Crippen molar-refractivity contribution in [2.45, 2.75) is 31.7 Å². The molecule has 2 heterocycles. The number of pyridine rings is 1. The molecule has 0 bridgehead atoms. The quantitative estimate of drug-likeness (QED) is 0.801. The second-order valence-electron chi connectivity index (χ2n) is 6.01. The predicted octanol–water partition coefficient (Wildman–Crippen LogP) is 3.42. The molecule has 1 aliphatic carbocycles. The van der Waals surface area contributed by atoms with Gasteiger partial charge in [-0.15, -0.1) is 0 Å². The maximum atomic E-state index is 5.64. The Morgan fingerprint density at radius 2 is 2.14 bits per heavy atom. The summed E-state index contributed by atoms with van der Waals surface area (Å²) in [6.45, 7) is 2.68. The molecule has 1 aromatic heterocycles. The van der Waals surface area contributed by atoms with Gasteiger partial charge in [0.05, 0.1) is 0 Å². The average Bonchev–Trinajstić information content (AvgIpc) is 2.88. The monoisotopic (exact) mass is 278 g/mol. The van der Waals surface area contributed by atoms with E-state index < -0.39 is 0 Å². The number of nitrogens with zero attached hydrogens (tertiary/aromatic N) is 2. The Hall–Kier alpha value is -2.16. The fourth-order valence-corrected chi connectivity index (χ4v) is 3.51. The Morgan fingerprint density at radius 3 is 2.90 bits per heavy atom. The van der Waals surface area contributed by atoms with Crippen molar-refractivity contribution in [1.29, 1.82) is 0 Å². The lowest BCUT2D eigenvalue weighted by Crippen LogP contribution is -2.35. The van der Waals surface area contributed by atoms with Crippen LogP contribution in [0.5, 0.6) is 0 Å². The van der Waals surface area contributed by atoms with E-state index in [2.05, 4.69) is 29.2 Å². The van der Waals surface area contributed by atoms with Gasteiger partial charge < -0.3 is 4.74 Å². The molecule has 21 heavy (non-hydrogen) atoms. The molecule has 4 rings (SSSR count). The number of benzene rings is 1. The van der Waals surface area contributed by atoms with Crippen LogP contribution >= 0.6 is 0 Å². The van der Waals surface area contributed by atoms with Crippen LogP contribution in [0.1, 0.15) is 24.5 Å². The van der Waals surface area contributed by atoms with E-state index >= 15 is 0 Å². The first-order valence-corrected chi connectivity index (χ1v) is 7.46. The molecule has 1 aliphatic heterocycles. The SMILES string of the molecule is CC1=N[C@]2(CCc3cccc(-c4cccnc4)c3C2)CO1. The van der Waals surface area contributed by atoms with E-state index in [0.29, 0.717) is 0 Å². The zero-order valence-corrected chi connectivity index (χ0v) is 12.2. The van der Waals surface area contributed by atoms with Gasteiger partial charge in [0.2, 0.25) is 0 Å². The van der Waals surface area contributed by atoms with Crippen molar-refractivity contribution >= 4 is 5.90 Å². The molecule has 0 saturated heterocycles. The number of hydrogen-bond acceptors (Lipinski definition) is 3. The van der Waals surface area contributed by atoms with Crippen LogP contribution in [0.2, 0.25) is 0 Å². The molecule has 106 valence electrons. The van der Waals surface area contributed by atoms with Gasteiger partial charge in [-0.1, -0.05) is 24.3 Å². The second-order valence-corrected chi connectivity index (χ2v) is 6.01. The number of rotatable bonds is 1. The van der Waals surface area contributed by atoms with Crippen LogP contribution in [-0.2, 0) is 17.6 Å². The van der Waals surface area contributed by atoms with Gasteiger partial charge in [0.15, 0.2) is 5.90 Å². The van der Waals surface area contributed by atoms with Gasteiger partial charge in [0.25, 0.3) is 0 Å². The zero-order valence-electron chi connectivity index (χ0n) is 12.2. The number of ether oxygens (including phenoxy) is 1. The highest BCUT2D eigenvalue weighted by Gasteiger charge is 2.39. The topological polar surface area (TPSA) is 34.5 Å². The highest BCUT2D eigenvalue weighted by Crippen LogP contribution is 2.39. The molecule has 0 radical (unpaired) electrons. The average molecular weight is 278 g/mol. The first-order chi connectivity index (χ1) is 10.3. The summed E-state index contributed by atoms with van der Waals surface area (Å²) in [5, 5.41) is 0. The maximum Gasteiger partial charge on any atom is 0.180 e. The van der Waals surface area contributed by atoms with Crippen LogP contribution in [0.25, 0.3) is 11.1 Å². The minimum atomic E-state index is -0.0462. The fourth-order valence-electron chi connectivity index (χ4n) is 3.51. The minimum absolute atomic E-state index is 0.0462. The standard InChI is InChI=1S/C18H18N2O/c1-13-20-18(12-21-13)8-7-14-4-2-6-16(17(14)10-18)15-5-3-9-19-11-15/h2-6,9,11H,7-8,10,12H2,1H3/t18-/m0/s1. The summed E-state index contributed by atoms with van der Waals surface area (Å²) < 4.78 is 5.64. The molecule has 3 nitrogen and oxygen atoms in total. The molecule has 2 aromatic rings. The molecule has 3 heteroatoms. The van der Waals surface area contributed by atoms with Crippen molar-refractivity contribution in [1.82, 2.24) is 4.98 Å². The summed E-state index contributed by atoms with van der Waals surface area (Å²) in [6, 6.07) is 10.7. The Labute approximate surface area is 124 Å². The Balaban J connectivity index is 1.80. The molecule has 0 unspecified atom stereocenters. The predicted molar refractivity (Wildman–Crippen MR) is 83.5 cm³/mol. The van der Waals surface area contributed by atoms with Gasteiger partial charge in [-0.3, -0.25) is 4.98 Å². The minimum Gasteiger partial charge on any atom is -0.479 e. The summed E-state index contributed by atoms with van der Waals surface area (Å²) in [5.74, 6) is 0.831. The number of aryl methyl sites for hydroxylation is 1. The smallest absolute Gasteiger partial charge is 0.180 e. The molecular formula is C18H18N2O. The molecule has 1 aromatic carbocycles. The van der Waals surface area contributed by atoms with Gasteiger partial charge in [0, 0.05) is 31.3 Å². The largest absolute Gasteiger partial charge is 0.479 e. The Morgan fingerprint density at radius 1 is 1.19 bits per heavy atom. The lowest BCUT2D eigenvalue weighted by molar-refractivity contribution is 0.236. The molecular weight excluding hydrogens is 260 g/mol. The van der Waals surface area contributed by atoms with E-state index in [1.165, 1.54) is 22.3 Å². The zero-order chi connectivity index (χ0) is 14.3. The third-order valence-corrected chi connectivity index (χ3v) is 4.56. The second kappa shape index (κ2) is 4.69. The van der Waals surface area contributed by atoms with Crippen LogP contribution in [0.4, 0.5) is 0 Å². The normalized spacial score (nSPS) is 23.6. The van der Waals surface area contributed by atoms with Crippen molar-refractivity contribution in [3.63, 3.8) is 0 Å². The first kappa shape index (κ1) is 12.6. The lowest BCUT2D eigenvalue weighted by Gasteiger charge is -2.32.